The highest BCUT2D eigenvalue weighted by molar-refractivity contribution is 8.00. The molecule has 0 aliphatic carbocycles. The van der Waals surface area contributed by atoms with Crippen molar-refractivity contribution in [1.29, 1.82) is 0 Å². The minimum Gasteiger partial charge on any atom is -0.463 e. The molecule has 4 heterocycles. The molecular formula is C60H98N6O12S3. The number of benzene rings is 2. The summed E-state index contributed by atoms with van der Waals surface area (Å²) in [7, 11) is 0.284. The Hall–Kier alpha value is -4.46. The van der Waals surface area contributed by atoms with Crippen LogP contribution in [0, 0.1) is 12.3 Å². The predicted molar refractivity (Wildman–Crippen MR) is 327 cm³/mol. The van der Waals surface area contributed by atoms with Gasteiger partial charge in [-0.2, -0.15) is 23.5 Å². The standard InChI is InChI=1S/C23H34N2O4S.C16H28N2O4S.C14H24N2O3S.C7H12O/c1-23(2,3)29-22(26)16-8-6-7-9-17-24-30(27,28)21-15-11-12-18-19(21)13-10-14-20(18)25(4)5;1-16(2,3)22-9-8-21-13(19)7-5-4-6-12-14-11(10-23-12)17-15(20)18-14;1-14(2,3)19-11(17)7-5-4-6-10-12-9(8-20-10)15-13(18)16-12;1-5-6-8-7(2,3)4/h10-15,24H,6-9,16-17H2,1-5H3;11-12,14H,4-10H2,1-3H3,(H2,17,18,20);9-10,12H,4-8H2,1-3H3,(H2,15,16,18);1H,6H2,2-4H3. The van der Waals surface area contributed by atoms with Crippen molar-refractivity contribution >= 4 is 80.0 Å². The lowest BCUT2D eigenvalue weighted by molar-refractivity contribution is -0.156. The molecule has 458 valence electrons. The van der Waals surface area contributed by atoms with Gasteiger partial charge in [0.1, 0.15) is 24.4 Å². The number of nitrogens with one attached hydrogen (secondary N) is 5. The van der Waals surface area contributed by atoms with Crippen LogP contribution in [-0.4, -0.2) is 147 Å². The predicted octanol–water partition coefficient (Wildman–Crippen LogP) is 10.0. The summed E-state index contributed by atoms with van der Waals surface area (Å²) in [6, 6.07) is 12.0. The summed E-state index contributed by atoms with van der Waals surface area (Å²) in [6.07, 6.45) is 15.2. The van der Waals surface area contributed by atoms with E-state index in [0.29, 0.717) is 66.4 Å². The number of urea groups is 2. The summed E-state index contributed by atoms with van der Waals surface area (Å²) in [5, 5.41) is 14.4. The van der Waals surface area contributed by atoms with E-state index in [1.54, 1.807) is 12.1 Å². The second kappa shape index (κ2) is 33.7. The van der Waals surface area contributed by atoms with Crippen molar-refractivity contribution in [1.82, 2.24) is 26.0 Å². The summed E-state index contributed by atoms with van der Waals surface area (Å²) >= 11 is 3.82. The van der Waals surface area contributed by atoms with Crippen LogP contribution in [0.1, 0.15) is 167 Å². The number of amides is 4. The van der Waals surface area contributed by atoms with Gasteiger partial charge >= 0.3 is 30.0 Å². The molecule has 2 aromatic rings. The lowest BCUT2D eigenvalue weighted by Gasteiger charge is -2.20. The Bertz CT molecular complexity index is 2460. The number of nitrogens with zero attached hydrogens (tertiary/aromatic N) is 1. The fraction of sp³-hybridized carbons (Fsp3) is 0.717. The number of fused-ring (bicyclic) bond motifs is 3. The van der Waals surface area contributed by atoms with Crippen LogP contribution in [0.5, 0.6) is 0 Å². The molecule has 21 heteroatoms. The summed E-state index contributed by atoms with van der Waals surface area (Å²) < 4.78 is 54.8. The van der Waals surface area contributed by atoms with Gasteiger partial charge in [-0.05, 0) is 134 Å². The molecule has 0 bridgehead atoms. The monoisotopic (exact) mass is 1190 g/mol. The molecule has 4 aliphatic rings. The van der Waals surface area contributed by atoms with Gasteiger partial charge in [-0.25, -0.2) is 22.7 Å². The number of ether oxygens (including phenoxy) is 5. The molecule has 0 saturated carbocycles. The van der Waals surface area contributed by atoms with Gasteiger partial charge < -0.3 is 49.9 Å². The fourth-order valence-corrected chi connectivity index (χ4v) is 13.4. The molecule has 4 aliphatic heterocycles. The van der Waals surface area contributed by atoms with Gasteiger partial charge in [0, 0.05) is 78.4 Å². The van der Waals surface area contributed by atoms with Crippen molar-refractivity contribution in [3.63, 3.8) is 0 Å². The molecule has 5 N–H and O–H groups in total. The molecule has 0 spiro atoms. The molecule has 4 amide bonds. The minimum absolute atomic E-state index is 0.0425. The minimum atomic E-state index is -3.60. The van der Waals surface area contributed by atoms with Gasteiger partial charge in [-0.15, -0.1) is 6.42 Å². The van der Waals surface area contributed by atoms with E-state index in [-0.39, 0.29) is 65.3 Å². The first-order valence-electron chi connectivity index (χ1n) is 28.6. The first-order chi connectivity index (χ1) is 37.8. The zero-order chi connectivity index (χ0) is 60.6. The van der Waals surface area contributed by atoms with Gasteiger partial charge in [0.25, 0.3) is 0 Å². The van der Waals surface area contributed by atoms with Crippen molar-refractivity contribution < 1.29 is 56.1 Å². The van der Waals surface area contributed by atoms with Gasteiger partial charge in [-0.3, -0.25) is 14.4 Å². The van der Waals surface area contributed by atoms with Gasteiger partial charge in [0.2, 0.25) is 10.0 Å². The number of carbonyl (C=O) groups is 5. The van der Waals surface area contributed by atoms with E-state index in [1.807, 2.05) is 150 Å². The number of terminal acetylenes is 1. The van der Waals surface area contributed by atoms with Crippen LogP contribution in [0.3, 0.4) is 0 Å². The Kier molecular flexibility index (Phi) is 29.5. The molecule has 2 aromatic carbocycles. The first-order valence-corrected chi connectivity index (χ1v) is 32.2. The van der Waals surface area contributed by atoms with Gasteiger partial charge in [-0.1, -0.05) is 55.9 Å². The summed E-state index contributed by atoms with van der Waals surface area (Å²) in [5.41, 5.74) is -0.162. The Morgan fingerprint density at radius 3 is 1.56 bits per heavy atom. The van der Waals surface area contributed by atoms with Crippen LogP contribution in [-0.2, 0) is 48.1 Å². The molecule has 6 rings (SSSR count). The number of esters is 3. The molecule has 81 heavy (non-hydrogen) atoms. The van der Waals surface area contributed by atoms with Gasteiger partial charge in [0.15, 0.2) is 0 Å². The SMILES string of the molecule is C#CCOC(C)(C)C.CC(C)(C)OC(=O)CCCCC1SCC2NC(=O)NC21.CC(C)(C)OCCOC(=O)CCCCC1SCC2NC(=O)NC21.CN(C)c1cccc2c(S(=O)(=O)NCCCCCCC(=O)OC(C)(C)C)cccc12. The second-order valence-electron chi connectivity index (χ2n) is 24.8. The van der Waals surface area contributed by atoms with Crippen molar-refractivity contribution in [3.05, 3.63) is 36.4 Å². The van der Waals surface area contributed by atoms with Crippen LogP contribution >= 0.6 is 23.5 Å². The van der Waals surface area contributed by atoms with Crippen molar-refractivity contribution in [3.8, 4) is 12.3 Å². The number of unbranched alkanes of at least 4 members (excludes halogenated alkanes) is 5. The average Bonchev–Trinajstić information content (AvgIpc) is 4.12. The van der Waals surface area contributed by atoms with Crippen molar-refractivity contribution in [2.75, 3.05) is 56.9 Å². The van der Waals surface area contributed by atoms with E-state index < -0.39 is 21.2 Å². The van der Waals surface area contributed by atoms with Crippen molar-refractivity contribution in [2.24, 2.45) is 0 Å². The fourth-order valence-electron chi connectivity index (χ4n) is 9.06. The number of sulfonamides is 1. The highest BCUT2D eigenvalue weighted by atomic mass is 32.2. The first kappa shape index (κ1) is 70.8. The van der Waals surface area contributed by atoms with E-state index in [2.05, 4.69) is 31.9 Å². The summed E-state index contributed by atoms with van der Waals surface area (Å²) in [5.74, 6) is 3.90. The third-order valence-electron chi connectivity index (χ3n) is 12.7. The maximum absolute atomic E-state index is 12.9. The maximum atomic E-state index is 12.9. The molecule has 6 atom stereocenters. The topological polar surface area (TPSA) is 229 Å². The Morgan fingerprint density at radius 1 is 0.617 bits per heavy atom. The van der Waals surface area contributed by atoms with Crippen LogP contribution in [0.4, 0.5) is 15.3 Å². The third kappa shape index (κ3) is 28.6. The zero-order valence-electron chi connectivity index (χ0n) is 51.0. The second-order valence-corrected chi connectivity index (χ2v) is 29.1. The number of hydrogen-bond donors (Lipinski definition) is 5. The quantitative estimate of drug-likeness (QED) is 0.0217. The highest BCUT2D eigenvalue weighted by Crippen LogP contribution is 2.35. The smallest absolute Gasteiger partial charge is 0.315 e. The summed E-state index contributed by atoms with van der Waals surface area (Å²) in [6.45, 7) is 24.6. The number of hydrogen-bond acceptors (Lipinski definition) is 15. The van der Waals surface area contributed by atoms with E-state index in [0.717, 1.165) is 86.8 Å². The van der Waals surface area contributed by atoms with Gasteiger partial charge in [0.05, 0.1) is 46.9 Å². The van der Waals surface area contributed by atoms with E-state index in [4.69, 9.17) is 30.1 Å². The van der Waals surface area contributed by atoms with Crippen LogP contribution in [0.15, 0.2) is 41.3 Å². The molecule has 4 fully saturated rings. The maximum Gasteiger partial charge on any atom is 0.315 e. The van der Waals surface area contributed by atoms with Crippen LogP contribution < -0.4 is 30.9 Å². The molecule has 4 saturated heterocycles. The van der Waals surface area contributed by atoms with Crippen LogP contribution in [0.2, 0.25) is 0 Å². The normalized spacial score (nSPS) is 20.2. The molecular weight excluding hydrogens is 1090 g/mol. The largest absolute Gasteiger partial charge is 0.463 e. The lowest BCUT2D eigenvalue weighted by atomic mass is 10.0. The molecule has 0 aromatic heterocycles. The number of thioether (sulfide) groups is 2. The summed E-state index contributed by atoms with van der Waals surface area (Å²) in [4.78, 5) is 59.8. The van der Waals surface area contributed by atoms with Crippen LogP contribution in [0.25, 0.3) is 10.8 Å². The third-order valence-corrected chi connectivity index (χ3v) is 17.2. The highest BCUT2D eigenvalue weighted by Gasteiger charge is 2.43. The lowest BCUT2D eigenvalue weighted by Crippen LogP contribution is -2.36. The number of rotatable bonds is 24. The molecule has 6 unspecified atom stereocenters. The number of carbonyl (C=O) groups excluding carboxylic acids is 5. The molecule has 0 radical (unpaired) electrons. The number of anilines is 1. The Labute approximate surface area is 493 Å². The van der Waals surface area contributed by atoms with E-state index >= 15 is 0 Å². The Balaban J connectivity index is 0.000000303. The average molecular weight is 1190 g/mol. The zero-order valence-corrected chi connectivity index (χ0v) is 53.5. The van der Waals surface area contributed by atoms with E-state index in [9.17, 15) is 32.4 Å². The van der Waals surface area contributed by atoms with Crippen molar-refractivity contribution in [2.45, 2.75) is 229 Å². The Morgan fingerprint density at radius 2 is 1.09 bits per heavy atom. The van der Waals surface area contributed by atoms with E-state index in [1.165, 1.54) is 0 Å². The molecule has 18 nitrogen and oxygen atoms in total.